The molecular weight excluding hydrogens is 398 g/mol. The first-order valence-corrected chi connectivity index (χ1v) is 11.9. The van der Waals surface area contributed by atoms with Crippen LogP contribution in [0.4, 0.5) is 4.79 Å². The number of piperazine rings is 2. The summed E-state index contributed by atoms with van der Waals surface area (Å²) in [5.41, 5.74) is 0. The molecule has 9 heteroatoms. The van der Waals surface area contributed by atoms with Crippen molar-refractivity contribution in [2.75, 3.05) is 72.5 Å². The summed E-state index contributed by atoms with van der Waals surface area (Å²) in [5, 5.41) is 8.81. The van der Waals surface area contributed by atoms with Gasteiger partial charge in [-0.2, -0.15) is 0 Å². The number of hydrogen-bond donors (Lipinski definition) is 1. The van der Waals surface area contributed by atoms with Crippen molar-refractivity contribution in [3.8, 4) is 0 Å². The number of carbonyl (C=O) groups excluding carboxylic acids is 1. The summed E-state index contributed by atoms with van der Waals surface area (Å²) in [7, 11) is 1.86. The maximum Gasteiger partial charge on any atom is 0.411 e. The molecule has 0 spiro atoms. The topological polar surface area (TPSA) is 79.8 Å². The van der Waals surface area contributed by atoms with Crippen molar-refractivity contribution in [1.29, 1.82) is 0 Å². The van der Waals surface area contributed by atoms with Crippen LogP contribution in [0.3, 0.4) is 0 Å². The minimum atomic E-state index is -0.732. The van der Waals surface area contributed by atoms with Gasteiger partial charge in [0.1, 0.15) is 0 Å². The first-order valence-electron chi connectivity index (χ1n) is 11.9. The van der Waals surface area contributed by atoms with Crippen LogP contribution in [0.25, 0.3) is 0 Å². The lowest BCUT2D eigenvalue weighted by atomic mass is 10.1. The minimum absolute atomic E-state index is 0.100. The number of carbonyl (C=O) groups is 2. The van der Waals surface area contributed by atoms with Crippen molar-refractivity contribution in [2.45, 2.75) is 57.8 Å². The van der Waals surface area contributed by atoms with Crippen LogP contribution < -0.4 is 0 Å². The number of cyclic esters (lactones) is 1. The quantitative estimate of drug-likeness (QED) is 0.541. The van der Waals surface area contributed by atoms with Crippen molar-refractivity contribution in [1.82, 2.24) is 24.5 Å². The number of likely N-dealkylation sites (N-methyl/N-ethyl adjacent to an activating group) is 1. The summed E-state index contributed by atoms with van der Waals surface area (Å²) in [6.07, 6.45) is 2.54. The molecule has 3 saturated heterocycles. The number of aliphatic carboxylic acids is 1. The van der Waals surface area contributed by atoms with Gasteiger partial charge in [-0.3, -0.25) is 14.6 Å². The molecule has 0 aromatic rings. The largest absolute Gasteiger partial charge is 0.481 e. The lowest BCUT2D eigenvalue weighted by molar-refractivity contribution is -0.137. The van der Waals surface area contributed by atoms with Gasteiger partial charge in [-0.1, -0.05) is 0 Å². The fraction of sp³-hybridized carbons (Fsp3) is 0.909. The Balaban J connectivity index is 1.41. The van der Waals surface area contributed by atoms with E-state index < -0.39 is 5.97 Å². The summed E-state index contributed by atoms with van der Waals surface area (Å²) in [6, 6.07) is 0.721. The number of carboxylic acid groups (broad SMARTS) is 1. The molecule has 3 aliphatic heterocycles. The van der Waals surface area contributed by atoms with E-state index >= 15 is 0 Å². The van der Waals surface area contributed by atoms with Gasteiger partial charge < -0.3 is 24.5 Å². The number of hydrogen-bond acceptors (Lipinski definition) is 7. The maximum atomic E-state index is 12.3. The lowest BCUT2D eigenvalue weighted by Gasteiger charge is -2.39. The molecule has 0 bridgehead atoms. The van der Waals surface area contributed by atoms with Gasteiger partial charge in [0.2, 0.25) is 0 Å². The summed E-state index contributed by atoms with van der Waals surface area (Å²) in [5.74, 6) is -0.732. The molecule has 178 valence electrons. The van der Waals surface area contributed by atoms with Gasteiger partial charge in [0.05, 0.1) is 6.04 Å². The van der Waals surface area contributed by atoms with Crippen LogP contribution in [0, 0.1) is 0 Å². The second-order valence-electron chi connectivity index (χ2n) is 9.44. The van der Waals surface area contributed by atoms with E-state index in [1.807, 2.05) is 7.05 Å². The summed E-state index contributed by atoms with van der Waals surface area (Å²) in [6.45, 7) is 14.4. The van der Waals surface area contributed by atoms with Gasteiger partial charge in [-0.05, 0) is 46.2 Å². The standard InChI is InChI=1S/C22H41N5O4/c1-18(2)26-14-10-24(11-15-26)8-4-6-19-21(31-22(30)23(19)3)27-16-12-25(13-17-27)9-5-7-20(28)29/h18-19,21H,4-17H2,1-3H3,(H,28,29). The number of nitrogens with zero attached hydrogens (tertiary/aromatic N) is 5. The zero-order valence-electron chi connectivity index (χ0n) is 19.5. The Kier molecular flexibility index (Phi) is 8.95. The molecule has 3 heterocycles. The number of ether oxygens (including phenoxy) is 1. The van der Waals surface area contributed by atoms with Crippen molar-refractivity contribution in [3.05, 3.63) is 0 Å². The molecule has 0 aromatic heterocycles. The first-order chi connectivity index (χ1) is 14.8. The smallest absolute Gasteiger partial charge is 0.411 e. The van der Waals surface area contributed by atoms with Crippen LogP contribution in [0.2, 0.25) is 0 Å². The minimum Gasteiger partial charge on any atom is -0.481 e. The second-order valence-corrected chi connectivity index (χ2v) is 9.44. The molecule has 0 aliphatic carbocycles. The van der Waals surface area contributed by atoms with Gasteiger partial charge in [0, 0.05) is 71.9 Å². The molecule has 2 atom stereocenters. The maximum absolute atomic E-state index is 12.3. The Bertz CT molecular complexity index is 588. The molecule has 3 aliphatic rings. The third-order valence-electron chi connectivity index (χ3n) is 7.08. The van der Waals surface area contributed by atoms with Crippen LogP contribution in [0.5, 0.6) is 0 Å². The Morgan fingerprint density at radius 3 is 2.16 bits per heavy atom. The van der Waals surface area contributed by atoms with Crippen molar-refractivity contribution < 1.29 is 19.4 Å². The monoisotopic (exact) mass is 439 g/mol. The SMILES string of the molecule is CC(C)N1CCN(CCCC2C(N3CCN(CCCC(=O)O)CC3)OC(=O)N2C)CC1. The molecule has 31 heavy (non-hydrogen) atoms. The molecule has 1 amide bonds. The van der Waals surface area contributed by atoms with Crippen molar-refractivity contribution in [3.63, 3.8) is 0 Å². The van der Waals surface area contributed by atoms with E-state index in [-0.39, 0.29) is 24.8 Å². The molecule has 1 N–H and O–H groups in total. The average molecular weight is 440 g/mol. The van der Waals surface area contributed by atoms with Gasteiger partial charge in [-0.15, -0.1) is 0 Å². The van der Waals surface area contributed by atoms with Gasteiger partial charge >= 0.3 is 12.1 Å². The van der Waals surface area contributed by atoms with Crippen LogP contribution in [-0.2, 0) is 9.53 Å². The molecule has 0 saturated carbocycles. The van der Waals surface area contributed by atoms with E-state index in [4.69, 9.17) is 9.84 Å². The van der Waals surface area contributed by atoms with Crippen LogP contribution in [-0.4, -0.2) is 132 Å². The first kappa shape index (κ1) is 24.2. The summed E-state index contributed by atoms with van der Waals surface area (Å²) < 4.78 is 5.75. The second kappa shape index (κ2) is 11.4. The zero-order valence-corrected chi connectivity index (χ0v) is 19.5. The fourth-order valence-corrected chi connectivity index (χ4v) is 4.97. The highest BCUT2D eigenvalue weighted by Crippen LogP contribution is 2.26. The van der Waals surface area contributed by atoms with E-state index in [0.29, 0.717) is 12.5 Å². The normalized spacial score (nSPS) is 27.2. The molecule has 2 unspecified atom stereocenters. The van der Waals surface area contributed by atoms with Crippen molar-refractivity contribution >= 4 is 12.1 Å². The third-order valence-corrected chi connectivity index (χ3v) is 7.08. The van der Waals surface area contributed by atoms with Gasteiger partial charge in [0.15, 0.2) is 6.23 Å². The molecule has 3 rings (SSSR count). The van der Waals surface area contributed by atoms with E-state index in [9.17, 15) is 9.59 Å². The van der Waals surface area contributed by atoms with E-state index in [1.165, 1.54) is 0 Å². The number of rotatable bonds is 10. The Labute approximate surface area is 186 Å². The van der Waals surface area contributed by atoms with Gasteiger partial charge in [-0.25, -0.2) is 4.79 Å². The highest BCUT2D eigenvalue weighted by atomic mass is 16.6. The van der Waals surface area contributed by atoms with Crippen LogP contribution in [0.15, 0.2) is 0 Å². The highest BCUT2D eigenvalue weighted by Gasteiger charge is 2.43. The molecular formula is C22H41N5O4. The Morgan fingerprint density at radius 1 is 1.00 bits per heavy atom. The van der Waals surface area contributed by atoms with Crippen LogP contribution in [0.1, 0.15) is 39.5 Å². The van der Waals surface area contributed by atoms with Crippen molar-refractivity contribution in [2.24, 2.45) is 0 Å². The molecule has 9 nitrogen and oxygen atoms in total. The van der Waals surface area contributed by atoms with Gasteiger partial charge in [0.25, 0.3) is 0 Å². The summed E-state index contributed by atoms with van der Waals surface area (Å²) >= 11 is 0. The highest BCUT2D eigenvalue weighted by molar-refractivity contribution is 5.70. The molecule has 0 aromatic carbocycles. The lowest BCUT2D eigenvalue weighted by Crippen LogP contribution is -2.54. The predicted molar refractivity (Wildman–Crippen MR) is 119 cm³/mol. The average Bonchev–Trinajstić information content (AvgIpc) is 3.03. The Morgan fingerprint density at radius 2 is 1.58 bits per heavy atom. The van der Waals surface area contributed by atoms with E-state index in [0.717, 1.165) is 78.3 Å². The number of amides is 1. The van der Waals surface area contributed by atoms with E-state index in [1.54, 1.807) is 4.90 Å². The summed E-state index contributed by atoms with van der Waals surface area (Å²) in [4.78, 5) is 34.4. The Hall–Kier alpha value is -1.42. The fourth-order valence-electron chi connectivity index (χ4n) is 4.97. The van der Waals surface area contributed by atoms with E-state index in [2.05, 4.69) is 33.4 Å². The predicted octanol–water partition coefficient (Wildman–Crippen LogP) is 1.05. The zero-order chi connectivity index (χ0) is 22.4. The molecule has 3 fully saturated rings. The van der Waals surface area contributed by atoms with Crippen LogP contribution >= 0.6 is 0 Å². The molecule has 0 radical (unpaired) electrons. The third kappa shape index (κ3) is 6.78. The number of carboxylic acids is 1.